The number of carbonyl (C=O) groups is 2. The molecule has 1 aliphatic heterocycles. The van der Waals surface area contributed by atoms with E-state index in [1.54, 1.807) is 43.3 Å². The molecule has 0 spiro atoms. The lowest BCUT2D eigenvalue weighted by atomic mass is 10.0. The van der Waals surface area contributed by atoms with Crippen molar-refractivity contribution in [1.29, 1.82) is 0 Å². The van der Waals surface area contributed by atoms with Crippen LogP contribution in [0.2, 0.25) is 10.0 Å². The normalized spacial score (nSPS) is 12.1. The number of urea groups is 1. The third-order valence-corrected chi connectivity index (χ3v) is 7.24. The Labute approximate surface area is 226 Å². The van der Waals surface area contributed by atoms with Gasteiger partial charge in [0.05, 0.1) is 29.6 Å². The van der Waals surface area contributed by atoms with Gasteiger partial charge >= 0.3 is 12.0 Å². The molecule has 0 saturated heterocycles. The number of halogens is 2. The zero-order chi connectivity index (χ0) is 25.9. The summed E-state index contributed by atoms with van der Waals surface area (Å²) in [6.45, 7) is 2.30. The van der Waals surface area contributed by atoms with Crippen LogP contribution in [0.1, 0.15) is 39.4 Å². The highest BCUT2D eigenvalue weighted by Crippen LogP contribution is 2.35. The molecule has 2 aromatic carbocycles. The molecule has 0 aliphatic carbocycles. The van der Waals surface area contributed by atoms with Gasteiger partial charge in [-0.05, 0) is 31.2 Å². The summed E-state index contributed by atoms with van der Waals surface area (Å²) in [5.41, 5.74) is 2.55. The second kappa shape index (κ2) is 10.7. The first kappa shape index (κ1) is 24.9. The zero-order valence-corrected chi connectivity index (χ0v) is 21.8. The predicted octanol–water partition coefficient (Wildman–Crippen LogP) is 5.49. The van der Waals surface area contributed by atoms with Gasteiger partial charge < -0.3 is 15.4 Å². The number of esters is 1. The molecule has 2 N–H and O–H groups in total. The van der Waals surface area contributed by atoms with Crippen LogP contribution in [0.5, 0.6) is 0 Å². The maximum atomic E-state index is 12.6. The number of benzene rings is 2. The second-order valence-electron chi connectivity index (χ2n) is 7.85. The molecule has 0 radical (unpaired) electrons. The second-order valence-corrected chi connectivity index (χ2v) is 9.70. The van der Waals surface area contributed by atoms with Crippen molar-refractivity contribution < 1.29 is 14.3 Å². The lowest BCUT2D eigenvalue weighted by molar-refractivity contribution is 0.0532. The first-order valence-electron chi connectivity index (χ1n) is 11.3. The number of amides is 2. The van der Waals surface area contributed by atoms with Gasteiger partial charge in [0.2, 0.25) is 0 Å². The number of thiophene rings is 1. The number of carbonyl (C=O) groups excluding carboxylic acids is 2. The number of para-hydroxylation sites is 1. The number of anilines is 1. The van der Waals surface area contributed by atoms with Gasteiger partial charge in [-0.15, -0.1) is 21.5 Å². The van der Waals surface area contributed by atoms with E-state index < -0.39 is 12.0 Å². The van der Waals surface area contributed by atoms with Gasteiger partial charge in [-0.3, -0.25) is 9.56 Å². The van der Waals surface area contributed by atoms with E-state index >= 15 is 0 Å². The van der Waals surface area contributed by atoms with Gasteiger partial charge in [0.1, 0.15) is 16.4 Å². The molecule has 2 amide bonds. The maximum Gasteiger partial charge on any atom is 0.348 e. The molecule has 0 saturated carbocycles. The van der Waals surface area contributed by atoms with Crippen LogP contribution >= 0.6 is 34.5 Å². The van der Waals surface area contributed by atoms with Crippen LogP contribution in [0.15, 0.2) is 59.6 Å². The Balaban J connectivity index is 1.49. The number of hydrogen-bond donors (Lipinski definition) is 2. The SMILES string of the molecule is CCOC(=O)c1cc2c(s1)-n1c(nnc1CNC(=O)Nc1ccccc1Cl)CN=C2c1ccccc1Cl. The van der Waals surface area contributed by atoms with Crippen molar-refractivity contribution in [2.24, 2.45) is 4.99 Å². The van der Waals surface area contributed by atoms with Crippen LogP contribution in [0.4, 0.5) is 10.5 Å². The number of aliphatic imine (C=N–C) groups is 1. The Hall–Kier alpha value is -3.73. The predicted molar refractivity (Wildman–Crippen MR) is 143 cm³/mol. The Morgan fingerprint density at radius 2 is 1.81 bits per heavy atom. The van der Waals surface area contributed by atoms with Gasteiger partial charge in [0.25, 0.3) is 0 Å². The van der Waals surface area contributed by atoms with E-state index in [0.29, 0.717) is 48.5 Å². The minimum Gasteiger partial charge on any atom is -0.462 e. The minimum absolute atomic E-state index is 0.0663. The third-order valence-electron chi connectivity index (χ3n) is 5.48. The van der Waals surface area contributed by atoms with Crippen LogP contribution < -0.4 is 10.6 Å². The number of aromatic nitrogens is 3. The highest BCUT2D eigenvalue weighted by molar-refractivity contribution is 7.16. The van der Waals surface area contributed by atoms with Crippen molar-refractivity contribution in [3.63, 3.8) is 0 Å². The molecule has 12 heteroatoms. The Morgan fingerprint density at radius 3 is 2.57 bits per heavy atom. The van der Waals surface area contributed by atoms with Gasteiger partial charge in [-0.25, -0.2) is 9.59 Å². The van der Waals surface area contributed by atoms with Crippen molar-refractivity contribution in [1.82, 2.24) is 20.1 Å². The van der Waals surface area contributed by atoms with Crippen LogP contribution in [-0.2, 0) is 17.8 Å². The maximum absolute atomic E-state index is 12.6. The Morgan fingerprint density at radius 1 is 1.05 bits per heavy atom. The Kier molecular flexibility index (Phi) is 7.22. The summed E-state index contributed by atoms with van der Waals surface area (Å²) < 4.78 is 7.05. The molecular formula is C25H20Cl2N6O3S. The van der Waals surface area contributed by atoms with Crippen molar-refractivity contribution in [2.75, 3.05) is 11.9 Å². The lowest BCUT2D eigenvalue weighted by Gasteiger charge is -2.11. The number of nitrogens with one attached hydrogen (secondary N) is 2. The topological polar surface area (TPSA) is 111 Å². The molecule has 9 nitrogen and oxygen atoms in total. The summed E-state index contributed by atoms with van der Waals surface area (Å²) in [6.07, 6.45) is 0. The van der Waals surface area contributed by atoms with Gasteiger partial charge in [-0.2, -0.15) is 0 Å². The smallest absolute Gasteiger partial charge is 0.348 e. The molecule has 0 bridgehead atoms. The average molecular weight is 555 g/mol. The van der Waals surface area contributed by atoms with Gasteiger partial charge in [0, 0.05) is 16.1 Å². The average Bonchev–Trinajstić information content (AvgIpc) is 3.46. The molecule has 1 aliphatic rings. The molecule has 0 unspecified atom stereocenters. The fourth-order valence-corrected chi connectivity index (χ4v) is 5.34. The molecule has 37 heavy (non-hydrogen) atoms. The highest BCUT2D eigenvalue weighted by Gasteiger charge is 2.28. The summed E-state index contributed by atoms with van der Waals surface area (Å²) in [6, 6.07) is 15.6. The quantitative estimate of drug-likeness (QED) is 0.306. The fraction of sp³-hybridized carbons (Fsp3) is 0.160. The van der Waals surface area contributed by atoms with E-state index in [0.717, 1.165) is 5.56 Å². The molecule has 2 aromatic heterocycles. The molecule has 0 fully saturated rings. The number of rotatable bonds is 6. The summed E-state index contributed by atoms with van der Waals surface area (Å²) in [5, 5.41) is 15.7. The van der Waals surface area contributed by atoms with E-state index in [9.17, 15) is 9.59 Å². The van der Waals surface area contributed by atoms with E-state index in [1.165, 1.54) is 11.3 Å². The van der Waals surface area contributed by atoms with E-state index in [-0.39, 0.29) is 19.7 Å². The van der Waals surface area contributed by atoms with E-state index in [1.807, 2.05) is 22.8 Å². The number of fused-ring (bicyclic) bond motifs is 3. The van der Waals surface area contributed by atoms with Crippen molar-refractivity contribution in [3.05, 3.63) is 92.3 Å². The zero-order valence-electron chi connectivity index (χ0n) is 19.5. The summed E-state index contributed by atoms with van der Waals surface area (Å²) in [4.78, 5) is 30.3. The molecule has 4 aromatic rings. The van der Waals surface area contributed by atoms with Gasteiger partial charge in [-0.1, -0.05) is 53.5 Å². The summed E-state index contributed by atoms with van der Waals surface area (Å²) in [7, 11) is 0. The largest absolute Gasteiger partial charge is 0.462 e. The fourth-order valence-electron chi connectivity index (χ4n) is 3.83. The van der Waals surface area contributed by atoms with E-state index in [4.69, 9.17) is 32.9 Å². The van der Waals surface area contributed by atoms with Crippen molar-refractivity contribution in [3.8, 4) is 5.00 Å². The van der Waals surface area contributed by atoms with E-state index in [2.05, 4.69) is 20.8 Å². The summed E-state index contributed by atoms with van der Waals surface area (Å²) >= 11 is 13.9. The summed E-state index contributed by atoms with van der Waals surface area (Å²) in [5.74, 6) is 0.592. The first-order chi connectivity index (χ1) is 18.0. The lowest BCUT2D eigenvalue weighted by Crippen LogP contribution is -2.29. The number of nitrogens with zero attached hydrogens (tertiary/aromatic N) is 4. The highest BCUT2D eigenvalue weighted by atomic mass is 35.5. The Bertz CT molecular complexity index is 1530. The monoisotopic (exact) mass is 554 g/mol. The minimum atomic E-state index is -0.453. The molecule has 188 valence electrons. The molecule has 0 atom stereocenters. The van der Waals surface area contributed by atoms with Crippen LogP contribution in [-0.4, -0.2) is 39.1 Å². The molecular weight excluding hydrogens is 535 g/mol. The van der Waals surface area contributed by atoms with Crippen molar-refractivity contribution >= 4 is 57.9 Å². The number of ether oxygens (including phenoxy) is 1. The van der Waals surface area contributed by atoms with Gasteiger partial charge in [0.15, 0.2) is 11.6 Å². The van der Waals surface area contributed by atoms with Crippen molar-refractivity contribution in [2.45, 2.75) is 20.0 Å². The van der Waals surface area contributed by atoms with Crippen LogP contribution in [0, 0.1) is 0 Å². The standard InChI is InChI=1S/C25H20Cl2N6O3S/c1-2-36-24(34)19-11-15-22(14-7-3-4-8-16(14)26)28-12-20-31-32-21(33(20)23(15)37-19)13-29-25(35)30-18-10-6-5-9-17(18)27/h3-11H,2,12-13H2,1H3,(H2,29,30,35). The first-order valence-corrected chi connectivity index (χ1v) is 12.9. The third kappa shape index (κ3) is 5.08. The van der Waals surface area contributed by atoms with Crippen LogP contribution in [0.25, 0.3) is 5.00 Å². The number of hydrogen-bond acceptors (Lipinski definition) is 7. The van der Waals surface area contributed by atoms with Crippen LogP contribution in [0.3, 0.4) is 0 Å². The molecule has 3 heterocycles. The molecule has 5 rings (SSSR count).